The molecule has 0 atom stereocenters. The summed E-state index contributed by atoms with van der Waals surface area (Å²) in [5, 5.41) is 3.38. The van der Waals surface area contributed by atoms with Crippen molar-refractivity contribution in [2.24, 2.45) is 0 Å². The van der Waals surface area contributed by atoms with Gasteiger partial charge in [0.2, 0.25) is 0 Å². The van der Waals surface area contributed by atoms with E-state index in [2.05, 4.69) is 5.32 Å². The Morgan fingerprint density at radius 3 is 2.75 bits per heavy atom. The first-order valence-corrected chi connectivity index (χ1v) is 5.75. The van der Waals surface area contributed by atoms with Crippen molar-refractivity contribution in [3.63, 3.8) is 0 Å². The summed E-state index contributed by atoms with van der Waals surface area (Å²) in [6.45, 7) is 1.58. The maximum atomic E-state index is 13.1. The highest BCUT2D eigenvalue weighted by molar-refractivity contribution is 5.19. The van der Waals surface area contributed by atoms with Gasteiger partial charge in [-0.25, -0.2) is 4.39 Å². The summed E-state index contributed by atoms with van der Waals surface area (Å²) in [5.74, 6) is -0.157. The van der Waals surface area contributed by atoms with E-state index in [1.807, 2.05) is 13.1 Å². The van der Waals surface area contributed by atoms with Gasteiger partial charge in [-0.2, -0.15) is 0 Å². The summed E-state index contributed by atoms with van der Waals surface area (Å²) in [6.07, 6.45) is 2.84. The third kappa shape index (κ3) is 2.60. The number of nitrogens with one attached hydrogen (secondary N) is 1. The zero-order valence-corrected chi connectivity index (χ0v) is 9.63. The first kappa shape index (κ1) is 11.6. The van der Waals surface area contributed by atoms with Gasteiger partial charge in [0.15, 0.2) is 0 Å². The van der Waals surface area contributed by atoms with Gasteiger partial charge in [-0.1, -0.05) is 12.1 Å². The molecule has 1 fully saturated rings. The van der Waals surface area contributed by atoms with Crippen LogP contribution in [0, 0.1) is 5.82 Å². The maximum Gasteiger partial charge on any atom is 0.123 e. The topological polar surface area (TPSA) is 21.3 Å². The summed E-state index contributed by atoms with van der Waals surface area (Å²) < 4.78 is 18.5. The van der Waals surface area contributed by atoms with Crippen molar-refractivity contribution < 1.29 is 9.13 Å². The predicted octanol–water partition coefficient (Wildman–Crippen LogP) is 2.14. The maximum absolute atomic E-state index is 13.1. The van der Waals surface area contributed by atoms with Crippen molar-refractivity contribution >= 4 is 0 Å². The standard InChI is InChI=1S/C13H18FNO/c1-15-13(5-7-16-8-6-13)10-11-3-2-4-12(14)9-11/h2-4,9,15H,5-8,10H2,1H3. The number of halogens is 1. The van der Waals surface area contributed by atoms with Gasteiger partial charge in [-0.3, -0.25) is 0 Å². The molecule has 0 radical (unpaired) electrons. The summed E-state index contributed by atoms with van der Waals surface area (Å²) in [4.78, 5) is 0. The molecule has 1 heterocycles. The van der Waals surface area contributed by atoms with E-state index in [0.29, 0.717) is 0 Å². The first-order valence-electron chi connectivity index (χ1n) is 5.75. The number of hydrogen-bond acceptors (Lipinski definition) is 2. The van der Waals surface area contributed by atoms with Gasteiger partial charge < -0.3 is 10.1 Å². The Morgan fingerprint density at radius 1 is 1.38 bits per heavy atom. The van der Waals surface area contributed by atoms with Gasteiger partial charge in [0.05, 0.1) is 0 Å². The fraction of sp³-hybridized carbons (Fsp3) is 0.538. The largest absolute Gasteiger partial charge is 0.381 e. The predicted molar refractivity (Wildman–Crippen MR) is 61.9 cm³/mol. The second kappa shape index (κ2) is 4.93. The third-order valence-corrected chi connectivity index (χ3v) is 3.41. The van der Waals surface area contributed by atoms with Gasteiger partial charge in [0.25, 0.3) is 0 Å². The van der Waals surface area contributed by atoms with Gasteiger partial charge >= 0.3 is 0 Å². The Kier molecular flexibility index (Phi) is 3.56. The minimum atomic E-state index is -0.157. The zero-order valence-electron chi connectivity index (χ0n) is 9.63. The zero-order chi connectivity index (χ0) is 11.4. The lowest BCUT2D eigenvalue weighted by Gasteiger charge is -2.37. The lowest BCUT2D eigenvalue weighted by atomic mass is 9.84. The summed E-state index contributed by atoms with van der Waals surface area (Å²) in [6, 6.07) is 6.86. The molecule has 2 rings (SSSR count). The van der Waals surface area contributed by atoms with E-state index in [9.17, 15) is 4.39 Å². The van der Waals surface area contributed by atoms with Crippen LogP contribution in [0.3, 0.4) is 0 Å². The van der Waals surface area contributed by atoms with Gasteiger partial charge in [0.1, 0.15) is 5.82 Å². The molecule has 1 aliphatic heterocycles. The highest BCUT2D eigenvalue weighted by Crippen LogP contribution is 2.25. The van der Waals surface area contributed by atoms with Gasteiger partial charge in [0, 0.05) is 18.8 Å². The first-order chi connectivity index (χ1) is 7.74. The molecule has 0 aromatic heterocycles. The van der Waals surface area contributed by atoms with Gasteiger partial charge in [-0.05, 0) is 44.0 Å². The Bertz CT molecular complexity index is 348. The van der Waals surface area contributed by atoms with Crippen molar-refractivity contribution in [2.75, 3.05) is 20.3 Å². The van der Waals surface area contributed by atoms with E-state index in [1.54, 1.807) is 12.1 Å². The van der Waals surface area contributed by atoms with Crippen molar-refractivity contribution in [3.05, 3.63) is 35.6 Å². The molecule has 1 aliphatic rings. The van der Waals surface area contributed by atoms with Crippen LogP contribution in [-0.4, -0.2) is 25.8 Å². The van der Waals surface area contributed by atoms with Crippen LogP contribution in [0.25, 0.3) is 0 Å². The molecule has 2 nitrogen and oxygen atoms in total. The molecule has 0 spiro atoms. The number of benzene rings is 1. The van der Waals surface area contributed by atoms with Crippen LogP contribution in [0.15, 0.2) is 24.3 Å². The average Bonchev–Trinajstić information content (AvgIpc) is 2.30. The van der Waals surface area contributed by atoms with E-state index < -0.39 is 0 Å². The fourth-order valence-electron chi connectivity index (χ4n) is 2.31. The molecular weight excluding hydrogens is 205 g/mol. The van der Waals surface area contributed by atoms with Crippen LogP contribution < -0.4 is 5.32 Å². The van der Waals surface area contributed by atoms with Crippen molar-refractivity contribution in [3.8, 4) is 0 Å². The minimum absolute atomic E-state index is 0.0754. The fourth-order valence-corrected chi connectivity index (χ4v) is 2.31. The molecule has 1 saturated heterocycles. The van der Waals surface area contributed by atoms with Crippen LogP contribution in [-0.2, 0) is 11.2 Å². The molecule has 3 heteroatoms. The van der Waals surface area contributed by atoms with Crippen molar-refractivity contribution in [1.29, 1.82) is 0 Å². The van der Waals surface area contributed by atoms with E-state index in [0.717, 1.165) is 38.0 Å². The van der Waals surface area contributed by atoms with Gasteiger partial charge in [-0.15, -0.1) is 0 Å². The van der Waals surface area contributed by atoms with E-state index in [1.165, 1.54) is 6.07 Å². The van der Waals surface area contributed by atoms with Crippen molar-refractivity contribution in [2.45, 2.75) is 24.8 Å². The third-order valence-electron chi connectivity index (χ3n) is 3.41. The van der Waals surface area contributed by atoms with Crippen LogP contribution >= 0.6 is 0 Å². The molecule has 0 amide bonds. The second-order valence-corrected chi connectivity index (χ2v) is 4.45. The highest BCUT2D eigenvalue weighted by Gasteiger charge is 2.30. The van der Waals surface area contributed by atoms with E-state index >= 15 is 0 Å². The molecule has 1 N–H and O–H groups in total. The molecule has 0 saturated carbocycles. The smallest absolute Gasteiger partial charge is 0.123 e. The van der Waals surface area contributed by atoms with Crippen LogP contribution in [0.5, 0.6) is 0 Å². The quantitative estimate of drug-likeness (QED) is 0.847. The molecule has 0 bridgehead atoms. The number of hydrogen-bond donors (Lipinski definition) is 1. The highest BCUT2D eigenvalue weighted by atomic mass is 19.1. The Morgan fingerprint density at radius 2 is 2.12 bits per heavy atom. The lowest BCUT2D eigenvalue weighted by Crippen LogP contribution is -2.49. The molecular formula is C13H18FNO. The van der Waals surface area contributed by atoms with Crippen LogP contribution in [0.1, 0.15) is 18.4 Å². The number of ether oxygens (including phenoxy) is 1. The summed E-state index contributed by atoms with van der Waals surface area (Å²) in [5.41, 5.74) is 1.13. The SMILES string of the molecule is CNC1(Cc2cccc(F)c2)CCOCC1. The van der Waals surface area contributed by atoms with Crippen molar-refractivity contribution in [1.82, 2.24) is 5.32 Å². The normalized spacial score (nSPS) is 19.6. The molecule has 0 unspecified atom stereocenters. The Balaban J connectivity index is 2.11. The minimum Gasteiger partial charge on any atom is -0.381 e. The number of rotatable bonds is 3. The average molecular weight is 223 g/mol. The second-order valence-electron chi connectivity index (χ2n) is 4.45. The molecule has 0 aliphatic carbocycles. The molecule has 88 valence electrons. The van der Waals surface area contributed by atoms with Crippen LogP contribution in [0.4, 0.5) is 4.39 Å². The van der Waals surface area contributed by atoms with E-state index in [-0.39, 0.29) is 11.4 Å². The number of likely N-dealkylation sites (N-methyl/N-ethyl adjacent to an activating group) is 1. The summed E-state index contributed by atoms with van der Waals surface area (Å²) in [7, 11) is 1.98. The lowest BCUT2D eigenvalue weighted by molar-refractivity contribution is 0.0413. The monoisotopic (exact) mass is 223 g/mol. The Labute approximate surface area is 95.8 Å². The molecule has 1 aromatic carbocycles. The molecule has 16 heavy (non-hydrogen) atoms. The Hall–Kier alpha value is -0.930. The van der Waals surface area contributed by atoms with E-state index in [4.69, 9.17) is 4.74 Å². The summed E-state index contributed by atoms with van der Waals surface area (Å²) >= 11 is 0. The molecule has 1 aromatic rings. The van der Waals surface area contributed by atoms with Crippen LogP contribution in [0.2, 0.25) is 0 Å².